The lowest BCUT2D eigenvalue weighted by Gasteiger charge is -2.19. The number of nitrogens with zero attached hydrogens (tertiary/aromatic N) is 4. The third-order valence-electron chi connectivity index (χ3n) is 5.14. The number of aromatic amines is 1. The highest BCUT2D eigenvalue weighted by Gasteiger charge is 2.32. The third-order valence-corrected chi connectivity index (χ3v) is 5.14. The molecule has 2 atom stereocenters. The van der Waals surface area contributed by atoms with Gasteiger partial charge in [0.05, 0.1) is 24.6 Å². The molecule has 1 saturated heterocycles. The first-order valence-electron chi connectivity index (χ1n) is 9.20. The molecule has 3 heterocycles. The van der Waals surface area contributed by atoms with Crippen molar-refractivity contribution in [3.63, 3.8) is 0 Å². The third kappa shape index (κ3) is 3.89. The van der Waals surface area contributed by atoms with E-state index < -0.39 is 0 Å². The van der Waals surface area contributed by atoms with E-state index in [-0.39, 0.29) is 12.0 Å². The molecule has 0 saturated carbocycles. The van der Waals surface area contributed by atoms with Crippen LogP contribution in [0.5, 0.6) is 5.75 Å². The van der Waals surface area contributed by atoms with Gasteiger partial charge in [0.1, 0.15) is 5.75 Å². The quantitative estimate of drug-likeness (QED) is 0.696. The number of ether oxygens (including phenoxy) is 1. The van der Waals surface area contributed by atoms with E-state index in [0.717, 1.165) is 47.9 Å². The number of rotatable bonds is 6. The molecule has 0 amide bonds. The zero-order valence-corrected chi connectivity index (χ0v) is 15.7. The topological polar surface area (TPSA) is 79.2 Å². The Bertz CT molecular complexity index is 890. The normalized spacial score (nSPS) is 20.3. The van der Waals surface area contributed by atoms with Gasteiger partial charge in [-0.1, -0.05) is 0 Å². The molecule has 2 N–H and O–H groups in total. The molecule has 7 nitrogen and oxygen atoms in total. The van der Waals surface area contributed by atoms with Crippen LogP contribution in [-0.2, 0) is 13.0 Å². The summed E-state index contributed by atoms with van der Waals surface area (Å²) in [4.78, 5) is 2.29. The van der Waals surface area contributed by atoms with Gasteiger partial charge in [0.25, 0.3) is 0 Å². The average Bonchev–Trinajstić information content (AvgIpc) is 3.39. The van der Waals surface area contributed by atoms with E-state index in [2.05, 4.69) is 20.2 Å². The van der Waals surface area contributed by atoms with Crippen molar-refractivity contribution in [2.45, 2.75) is 26.0 Å². The Morgan fingerprint density at radius 3 is 2.89 bits per heavy atom. The number of benzene rings is 1. The second-order valence-corrected chi connectivity index (χ2v) is 7.21. The fourth-order valence-electron chi connectivity index (χ4n) is 3.81. The summed E-state index contributed by atoms with van der Waals surface area (Å²) in [6, 6.07) is 9.98. The zero-order chi connectivity index (χ0) is 18.8. The van der Waals surface area contributed by atoms with Gasteiger partial charge < -0.3 is 9.84 Å². The van der Waals surface area contributed by atoms with Crippen LogP contribution in [-0.4, -0.2) is 56.3 Å². The van der Waals surface area contributed by atoms with Crippen LogP contribution in [0.4, 0.5) is 0 Å². The van der Waals surface area contributed by atoms with Crippen molar-refractivity contribution in [3.05, 3.63) is 59.7 Å². The maximum absolute atomic E-state index is 10.5. The lowest BCUT2D eigenvalue weighted by molar-refractivity contribution is 0.140. The molecular formula is C20H25N5O2. The van der Waals surface area contributed by atoms with Crippen LogP contribution >= 0.6 is 0 Å². The Morgan fingerprint density at radius 2 is 2.19 bits per heavy atom. The molecule has 1 aliphatic rings. The molecular weight excluding hydrogens is 342 g/mol. The number of aromatic nitrogens is 4. The fraction of sp³-hybridized carbons (Fsp3) is 0.400. The standard InChI is InChI=1S/C20H25N5O2/c1-14-8-17(23-22-14)9-16-12-24(13-20(16)26)11-15-10-18(27-2)4-5-19(15)25-7-3-6-21-25/h3-8,10,16,20,26H,9,11-13H2,1-2H3,(H,22,23)/t16-,20-/m1/s1. The van der Waals surface area contributed by atoms with E-state index in [0.29, 0.717) is 6.54 Å². The van der Waals surface area contributed by atoms with Gasteiger partial charge >= 0.3 is 0 Å². The summed E-state index contributed by atoms with van der Waals surface area (Å²) in [5.41, 5.74) is 4.22. The Hall–Kier alpha value is -2.64. The van der Waals surface area contributed by atoms with Crippen LogP contribution in [0.25, 0.3) is 5.69 Å². The number of likely N-dealkylation sites (tertiary alicyclic amines) is 1. The van der Waals surface area contributed by atoms with Gasteiger partial charge in [-0.05, 0) is 49.2 Å². The average molecular weight is 367 g/mol. The molecule has 0 spiro atoms. The summed E-state index contributed by atoms with van der Waals surface area (Å²) >= 11 is 0. The van der Waals surface area contributed by atoms with E-state index in [1.807, 2.05) is 48.1 Å². The van der Waals surface area contributed by atoms with Crippen LogP contribution in [0.1, 0.15) is 17.0 Å². The van der Waals surface area contributed by atoms with Gasteiger partial charge in [0.2, 0.25) is 0 Å². The highest BCUT2D eigenvalue weighted by molar-refractivity contribution is 5.45. The number of H-pyrrole nitrogens is 1. The molecule has 4 rings (SSSR count). The van der Waals surface area contributed by atoms with Gasteiger partial charge in [-0.25, -0.2) is 4.68 Å². The van der Waals surface area contributed by atoms with E-state index in [9.17, 15) is 5.11 Å². The second kappa shape index (κ2) is 7.54. The van der Waals surface area contributed by atoms with E-state index in [1.54, 1.807) is 13.3 Å². The molecule has 0 aliphatic carbocycles. The predicted octanol–water partition coefficient (Wildman–Crippen LogP) is 1.95. The number of hydrogen-bond acceptors (Lipinski definition) is 5. The van der Waals surface area contributed by atoms with Crippen molar-refractivity contribution in [3.8, 4) is 11.4 Å². The number of nitrogens with one attached hydrogen (secondary N) is 1. The number of β-amino-alcohol motifs (C(OH)–C–C–N with tert-alkyl or cyclic N) is 1. The molecule has 1 fully saturated rings. The Kier molecular flexibility index (Phi) is 4.96. The van der Waals surface area contributed by atoms with Gasteiger partial charge in [0.15, 0.2) is 0 Å². The molecule has 27 heavy (non-hydrogen) atoms. The number of aliphatic hydroxyl groups is 1. The van der Waals surface area contributed by atoms with Crippen LogP contribution in [0.2, 0.25) is 0 Å². The van der Waals surface area contributed by atoms with Crippen molar-refractivity contribution in [2.24, 2.45) is 5.92 Å². The second-order valence-electron chi connectivity index (χ2n) is 7.21. The summed E-state index contributed by atoms with van der Waals surface area (Å²) in [5, 5.41) is 22.2. The largest absolute Gasteiger partial charge is 0.497 e. The molecule has 142 valence electrons. The molecule has 7 heteroatoms. The summed E-state index contributed by atoms with van der Waals surface area (Å²) in [6.45, 7) is 4.22. The number of methoxy groups -OCH3 is 1. The molecule has 0 bridgehead atoms. The number of aryl methyl sites for hydroxylation is 1. The van der Waals surface area contributed by atoms with Crippen molar-refractivity contribution >= 4 is 0 Å². The summed E-state index contributed by atoms with van der Waals surface area (Å²) < 4.78 is 7.27. The zero-order valence-electron chi connectivity index (χ0n) is 15.7. The summed E-state index contributed by atoms with van der Waals surface area (Å²) in [5.74, 6) is 1.01. The Balaban J connectivity index is 1.50. The first kappa shape index (κ1) is 17.8. The van der Waals surface area contributed by atoms with Gasteiger partial charge in [-0.2, -0.15) is 10.2 Å². The van der Waals surface area contributed by atoms with E-state index in [1.165, 1.54) is 0 Å². The first-order valence-corrected chi connectivity index (χ1v) is 9.20. The van der Waals surface area contributed by atoms with Crippen molar-refractivity contribution in [2.75, 3.05) is 20.2 Å². The minimum Gasteiger partial charge on any atom is -0.497 e. The highest BCUT2D eigenvalue weighted by atomic mass is 16.5. The number of hydrogen-bond donors (Lipinski definition) is 2. The van der Waals surface area contributed by atoms with Crippen molar-refractivity contribution < 1.29 is 9.84 Å². The van der Waals surface area contributed by atoms with Crippen LogP contribution in [0.15, 0.2) is 42.7 Å². The minimum absolute atomic E-state index is 0.187. The maximum atomic E-state index is 10.5. The lowest BCUT2D eigenvalue weighted by Crippen LogP contribution is -2.22. The maximum Gasteiger partial charge on any atom is 0.119 e. The van der Waals surface area contributed by atoms with E-state index >= 15 is 0 Å². The SMILES string of the molecule is COc1ccc(-n2cccn2)c(CN2C[C@@H](Cc3cc(C)[nH]n3)[C@H](O)C2)c1. The van der Waals surface area contributed by atoms with Gasteiger partial charge in [-0.3, -0.25) is 10.00 Å². The highest BCUT2D eigenvalue weighted by Crippen LogP contribution is 2.27. The fourth-order valence-corrected chi connectivity index (χ4v) is 3.81. The Labute approximate surface area is 158 Å². The minimum atomic E-state index is -0.347. The molecule has 3 aromatic rings. The van der Waals surface area contributed by atoms with Crippen molar-refractivity contribution in [1.82, 2.24) is 24.9 Å². The molecule has 1 aromatic carbocycles. The molecule has 0 unspecified atom stereocenters. The Morgan fingerprint density at radius 1 is 1.30 bits per heavy atom. The first-order chi connectivity index (χ1) is 13.1. The number of aliphatic hydroxyl groups excluding tert-OH is 1. The summed E-state index contributed by atoms with van der Waals surface area (Å²) in [6.07, 6.45) is 4.15. The smallest absolute Gasteiger partial charge is 0.119 e. The van der Waals surface area contributed by atoms with Crippen LogP contribution in [0, 0.1) is 12.8 Å². The van der Waals surface area contributed by atoms with Crippen LogP contribution in [0.3, 0.4) is 0 Å². The van der Waals surface area contributed by atoms with Crippen molar-refractivity contribution in [1.29, 1.82) is 0 Å². The lowest BCUT2D eigenvalue weighted by atomic mass is 10.0. The predicted molar refractivity (Wildman–Crippen MR) is 102 cm³/mol. The summed E-state index contributed by atoms with van der Waals surface area (Å²) in [7, 11) is 1.67. The van der Waals surface area contributed by atoms with Crippen LogP contribution < -0.4 is 4.74 Å². The monoisotopic (exact) mass is 367 g/mol. The van der Waals surface area contributed by atoms with Gasteiger partial charge in [0, 0.05) is 43.6 Å². The van der Waals surface area contributed by atoms with Gasteiger partial charge in [-0.15, -0.1) is 0 Å². The molecule has 2 aromatic heterocycles. The molecule has 1 aliphatic heterocycles. The van der Waals surface area contributed by atoms with E-state index in [4.69, 9.17) is 4.74 Å². The molecule has 0 radical (unpaired) electrons.